The summed E-state index contributed by atoms with van der Waals surface area (Å²) in [6.07, 6.45) is 0.894. The fourth-order valence-corrected chi connectivity index (χ4v) is 1.30. The highest BCUT2D eigenvalue weighted by Gasteiger charge is 2.15. The van der Waals surface area contributed by atoms with E-state index in [1.807, 2.05) is 6.92 Å². The van der Waals surface area contributed by atoms with Gasteiger partial charge in [-0.05, 0) is 20.8 Å². The minimum atomic E-state index is -0.670. The molecule has 0 spiro atoms. The summed E-state index contributed by atoms with van der Waals surface area (Å²) in [5.74, 6) is -0.276. The van der Waals surface area contributed by atoms with E-state index in [2.05, 4.69) is 9.97 Å². The molecule has 0 bridgehead atoms. The fraction of sp³-hybridized carbons (Fsp3) is 0.545. The van der Waals surface area contributed by atoms with Crippen LogP contribution in [0.25, 0.3) is 0 Å². The zero-order chi connectivity index (χ0) is 12.8. The van der Waals surface area contributed by atoms with Gasteiger partial charge in [0, 0.05) is 12.8 Å². The third-order valence-corrected chi connectivity index (χ3v) is 2.12. The summed E-state index contributed by atoms with van der Waals surface area (Å²) in [6, 6.07) is 0. The van der Waals surface area contributed by atoms with Crippen LogP contribution in [0.5, 0.6) is 0 Å². The number of carbonyl (C=O) groups is 1. The van der Waals surface area contributed by atoms with E-state index in [1.54, 1.807) is 13.8 Å². The van der Waals surface area contributed by atoms with Crippen LogP contribution in [0, 0.1) is 0 Å². The van der Waals surface area contributed by atoms with Crippen LogP contribution in [-0.2, 0) is 9.47 Å². The largest absolute Gasteiger partial charge is 0.462 e. The van der Waals surface area contributed by atoms with Gasteiger partial charge in [-0.25, -0.2) is 9.78 Å². The number of H-pyrrole nitrogens is 1. The second-order valence-electron chi connectivity index (χ2n) is 3.33. The molecule has 1 unspecified atom stereocenters. The van der Waals surface area contributed by atoms with Crippen LogP contribution in [0.2, 0.25) is 0 Å². The molecule has 0 radical (unpaired) electrons. The number of aromatic amines is 1. The van der Waals surface area contributed by atoms with Crippen LogP contribution in [0.15, 0.2) is 11.0 Å². The van der Waals surface area contributed by atoms with Crippen LogP contribution >= 0.6 is 0 Å². The average Bonchev–Trinajstić information content (AvgIpc) is 2.29. The van der Waals surface area contributed by atoms with Crippen LogP contribution in [0.4, 0.5) is 0 Å². The molecular formula is C11H16N2O4. The maximum Gasteiger partial charge on any atom is 0.345 e. The molecule has 94 valence electrons. The molecule has 1 atom stereocenters. The first kappa shape index (κ1) is 13.4. The Labute approximate surface area is 99.0 Å². The molecule has 0 aliphatic carbocycles. The third-order valence-electron chi connectivity index (χ3n) is 2.12. The molecular weight excluding hydrogens is 224 g/mol. The molecule has 0 amide bonds. The Hall–Kier alpha value is -1.69. The lowest BCUT2D eigenvalue weighted by Crippen LogP contribution is -2.23. The molecule has 1 N–H and O–H groups in total. The molecule has 0 saturated carbocycles. The van der Waals surface area contributed by atoms with Gasteiger partial charge >= 0.3 is 5.97 Å². The molecule has 6 nitrogen and oxygen atoms in total. The first-order valence-corrected chi connectivity index (χ1v) is 5.48. The van der Waals surface area contributed by atoms with E-state index in [4.69, 9.17) is 9.47 Å². The minimum absolute atomic E-state index is 0.0979. The van der Waals surface area contributed by atoms with Gasteiger partial charge in [-0.15, -0.1) is 0 Å². The lowest BCUT2D eigenvalue weighted by molar-refractivity contribution is 0.0520. The van der Waals surface area contributed by atoms with Gasteiger partial charge in [-0.1, -0.05) is 0 Å². The summed E-state index contributed by atoms with van der Waals surface area (Å²) >= 11 is 0. The van der Waals surface area contributed by atoms with Crippen LogP contribution < -0.4 is 5.56 Å². The number of nitrogens with one attached hydrogen (secondary N) is 1. The molecule has 1 heterocycles. The Kier molecular flexibility index (Phi) is 4.84. The number of ether oxygens (including phenoxy) is 2. The summed E-state index contributed by atoms with van der Waals surface area (Å²) in [5, 5.41) is 0. The Balaban J connectivity index is 2.94. The van der Waals surface area contributed by atoms with Gasteiger partial charge in [-0.2, -0.15) is 0 Å². The standard InChI is InChI=1S/C11H16N2O4/c1-4-16-7(3)9-12-6-8(10(14)13-9)11(15)17-5-2/h6-7H,4-5H2,1-3H3,(H,12,13,14). The molecule has 0 fully saturated rings. The second kappa shape index (κ2) is 6.15. The molecule has 1 aromatic heterocycles. The van der Waals surface area contributed by atoms with E-state index in [-0.39, 0.29) is 18.3 Å². The highest BCUT2D eigenvalue weighted by Crippen LogP contribution is 2.09. The van der Waals surface area contributed by atoms with Gasteiger partial charge in [0.15, 0.2) is 0 Å². The normalized spacial score (nSPS) is 12.2. The lowest BCUT2D eigenvalue weighted by Gasteiger charge is -2.10. The van der Waals surface area contributed by atoms with Crippen molar-refractivity contribution in [1.29, 1.82) is 0 Å². The number of aromatic nitrogens is 2. The number of hydrogen-bond acceptors (Lipinski definition) is 5. The minimum Gasteiger partial charge on any atom is -0.462 e. The number of esters is 1. The van der Waals surface area contributed by atoms with Crippen LogP contribution in [0.3, 0.4) is 0 Å². The van der Waals surface area contributed by atoms with Crippen LogP contribution in [0.1, 0.15) is 43.1 Å². The Morgan fingerprint density at radius 2 is 2.18 bits per heavy atom. The molecule has 17 heavy (non-hydrogen) atoms. The SMILES string of the molecule is CCOC(=O)c1cnc(C(C)OCC)[nH]c1=O. The Morgan fingerprint density at radius 3 is 2.71 bits per heavy atom. The lowest BCUT2D eigenvalue weighted by atomic mass is 10.3. The second-order valence-corrected chi connectivity index (χ2v) is 3.33. The first-order valence-electron chi connectivity index (χ1n) is 5.48. The van der Waals surface area contributed by atoms with Gasteiger partial charge in [0.25, 0.3) is 5.56 Å². The van der Waals surface area contributed by atoms with E-state index in [0.29, 0.717) is 12.4 Å². The Bertz CT molecular complexity index is 441. The smallest absolute Gasteiger partial charge is 0.345 e. The highest BCUT2D eigenvalue weighted by molar-refractivity contribution is 5.88. The number of nitrogens with zero attached hydrogens (tertiary/aromatic N) is 1. The molecule has 1 aromatic rings. The maximum atomic E-state index is 11.6. The quantitative estimate of drug-likeness (QED) is 0.778. The molecule has 1 rings (SSSR count). The highest BCUT2D eigenvalue weighted by atomic mass is 16.5. The topological polar surface area (TPSA) is 81.3 Å². The van der Waals surface area contributed by atoms with E-state index >= 15 is 0 Å². The van der Waals surface area contributed by atoms with E-state index < -0.39 is 11.5 Å². The van der Waals surface area contributed by atoms with Crippen molar-refractivity contribution in [1.82, 2.24) is 9.97 Å². The van der Waals surface area contributed by atoms with Gasteiger partial charge < -0.3 is 14.5 Å². The molecule has 0 saturated heterocycles. The maximum absolute atomic E-state index is 11.6. The van der Waals surface area contributed by atoms with Crippen molar-refractivity contribution in [2.75, 3.05) is 13.2 Å². The summed E-state index contributed by atoms with van der Waals surface area (Å²) in [7, 11) is 0. The van der Waals surface area contributed by atoms with Gasteiger partial charge in [0.05, 0.1) is 6.61 Å². The third kappa shape index (κ3) is 3.39. The van der Waals surface area contributed by atoms with E-state index in [0.717, 1.165) is 0 Å². The van der Waals surface area contributed by atoms with Gasteiger partial charge in [0.2, 0.25) is 0 Å². The van der Waals surface area contributed by atoms with Crippen molar-refractivity contribution in [2.24, 2.45) is 0 Å². The van der Waals surface area contributed by atoms with Crippen LogP contribution in [-0.4, -0.2) is 29.2 Å². The summed E-state index contributed by atoms with van der Waals surface area (Å²) < 4.78 is 10.0. The molecule has 0 aliphatic heterocycles. The monoisotopic (exact) mass is 240 g/mol. The fourth-order valence-electron chi connectivity index (χ4n) is 1.30. The van der Waals surface area contributed by atoms with Gasteiger partial charge in [-0.3, -0.25) is 4.79 Å². The molecule has 6 heteroatoms. The average molecular weight is 240 g/mol. The Morgan fingerprint density at radius 1 is 1.47 bits per heavy atom. The van der Waals surface area contributed by atoms with Crippen molar-refractivity contribution in [3.05, 3.63) is 27.9 Å². The zero-order valence-corrected chi connectivity index (χ0v) is 10.1. The predicted octanol–water partition coefficient (Wildman–Crippen LogP) is 1.04. The van der Waals surface area contributed by atoms with E-state index in [1.165, 1.54) is 6.20 Å². The molecule has 0 aliphatic rings. The molecule has 0 aromatic carbocycles. The number of rotatable bonds is 5. The summed E-state index contributed by atoms with van der Waals surface area (Å²) in [5.41, 5.74) is -0.612. The predicted molar refractivity (Wildman–Crippen MR) is 60.9 cm³/mol. The first-order chi connectivity index (χ1) is 8.10. The number of carbonyl (C=O) groups excluding carboxylic acids is 1. The van der Waals surface area contributed by atoms with E-state index in [9.17, 15) is 9.59 Å². The van der Waals surface area contributed by atoms with Gasteiger partial charge in [0.1, 0.15) is 17.5 Å². The summed E-state index contributed by atoms with van der Waals surface area (Å²) in [4.78, 5) is 29.5. The van der Waals surface area contributed by atoms with Crippen molar-refractivity contribution in [3.63, 3.8) is 0 Å². The zero-order valence-electron chi connectivity index (χ0n) is 10.1. The van der Waals surface area contributed by atoms with Crippen molar-refractivity contribution in [3.8, 4) is 0 Å². The number of hydrogen-bond donors (Lipinski definition) is 1. The van der Waals surface area contributed by atoms with Crippen molar-refractivity contribution < 1.29 is 14.3 Å². The van der Waals surface area contributed by atoms with Crippen molar-refractivity contribution in [2.45, 2.75) is 26.9 Å². The van der Waals surface area contributed by atoms with Crippen molar-refractivity contribution >= 4 is 5.97 Å². The summed E-state index contributed by atoms with van der Waals surface area (Å²) in [6.45, 7) is 6.03.